The Labute approximate surface area is 256 Å². The molecular formula is C41H29N3. The van der Waals surface area contributed by atoms with Crippen LogP contribution < -0.4 is 0 Å². The Balaban J connectivity index is 1.48. The summed E-state index contributed by atoms with van der Waals surface area (Å²) in [6.45, 7) is 4.71. The van der Waals surface area contributed by atoms with Gasteiger partial charge in [-0.1, -0.05) is 135 Å². The molecule has 0 unspecified atom stereocenters. The number of hydrogen-bond acceptors (Lipinski definition) is 2. The maximum atomic E-state index is 5.30. The quantitative estimate of drug-likeness (QED) is 0.214. The van der Waals surface area contributed by atoms with E-state index in [0.29, 0.717) is 5.82 Å². The molecule has 0 saturated carbocycles. The number of nitrogens with zero attached hydrogens (tertiary/aromatic N) is 3. The van der Waals surface area contributed by atoms with E-state index in [-0.39, 0.29) is 5.41 Å². The van der Waals surface area contributed by atoms with Crippen LogP contribution in [-0.2, 0) is 5.41 Å². The van der Waals surface area contributed by atoms with Crippen LogP contribution in [-0.4, -0.2) is 14.5 Å². The molecule has 3 heteroatoms. The van der Waals surface area contributed by atoms with Gasteiger partial charge in [0.2, 0.25) is 0 Å². The highest BCUT2D eigenvalue weighted by Gasteiger charge is 2.35. The minimum Gasteiger partial charge on any atom is -0.293 e. The minimum atomic E-state index is -0.122. The lowest BCUT2D eigenvalue weighted by molar-refractivity contribution is 0.645. The van der Waals surface area contributed by atoms with Crippen LogP contribution in [0.4, 0.5) is 0 Å². The van der Waals surface area contributed by atoms with Crippen molar-refractivity contribution in [2.45, 2.75) is 19.3 Å². The number of hydrogen-bond donors (Lipinski definition) is 0. The lowest BCUT2D eigenvalue weighted by Gasteiger charge is -2.35. The van der Waals surface area contributed by atoms with Crippen LogP contribution in [0, 0.1) is 0 Å². The molecule has 2 aromatic heterocycles. The van der Waals surface area contributed by atoms with Crippen LogP contribution in [0.25, 0.3) is 72.2 Å². The lowest BCUT2D eigenvalue weighted by Crippen LogP contribution is -2.23. The molecule has 0 amide bonds. The van der Waals surface area contributed by atoms with E-state index in [1.807, 2.05) is 24.3 Å². The van der Waals surface area contributed by atoms with Crippen molar-refractivity contribution in [3.05, 3.63) is 151 Å². The van der Waals surface area contributed by atoms with Gasteiger partial charge in [0.25, 0.3) is 0 Å². The zero-order valence-corrected chi connectivity index (χ0v) is 24.6. The first kappa shape index (κ1) is 25.0. The number of aromatic nitrogens is 3. The van der Waals surface area contributed by atoms with E-state index in [1.54, 1.807) is 0 Å². The molecule has 0 fully saturated rings. The second kappa shape index (κ2) is 9.23. The van der Waals surface area contributed by atoms with E-state index in [4.69, 9.17) is 9.97 Å². The molecular weight excluding hydrogens is 534 g/mol. The summed E-state index contributed by atoms with van der Waals surface area (Å²) in [4.78, 5) is 10.4. The normalized spacial score (nSPS) is 13.4. The maximum absolute atomic E-state index is 5.30. The Bertz CT molecular complexity index is 2340. The van der Waals surface area contributed by atoms with E-state index < -0.39 is 0 Å². The maximum Gasteiger partial charge on any atom is 0.162 e. The standard InChI is InChI=1S/C41H29N3/c1-41(2)32-21-11-9-20-30(32)38-37-28(18-13-22-33(37)41)24-31-29-19-10-12-23-35(29)44(39(31)38)36-25-34(26-14-5-3-6-15-26)42-40(43-36)27-16-7-4-8-17-27/h3-25H,1-2H3. The van der Waals surface area contributed by atoms with Crippen molar-refractivity contribution in [3.8, 4) is 39.6 Å². The van der Waals surface area contributed by atoms with Gasteiger partial charge in [-0.2, -0.15) is 0 Å². The SMILES string of the molecule is CC1(C)c2ccccc2-c2c3c1cccc3cc1c3ccccc3n(-c3cc(-c4ccccc4)nc(-c4ccccc4)n3)c21. The van der Waals surface area contributed by atoms with E-state index in [2.05, 4.69) is 134 Å². The fourth-order valence-corrected chi connectivity index (χ4v) is 7.34. The number of rotatable bonds is 3. The van der Waals surface area contributed by atoms with Gasteiger partial charge in [0, 0.05) is 38.9 Å². The summed E-state index contributed by atoms with van der Waals surface area (Å²) < 4.78 is 2.38. The molecule has 1 aliphatic rings. The van der Waals surface area contributed by atoms with Crippen molar-refractivity contribution < 1.29 is 0 Å². The molecule has 0 atom stereocenters. The molecule has 0 aliphatic heterocycles. The van der Waals surface area contributed by atoms with Crippen molar-refractivity contribution in [2.24, 2.45) is 0 Å². The summed E-state index contributed by atoms with van der Waals surface area (Å²) >= 11 is 0. The summed E-state index contributed by atoms with van der Waals surface area (Å²) in [6, 6.07) is 49.7. The highest BCUT2D eigenvalue weighted by molar-refractivity contribution is 6.22. The first-order chi connectivity index (χ1) is 21.6. The van der Waals surface area contributed by atoms with Crippen LogP contribution in [0.15, 0.2) is 140 Å². The first-order valence-electron chi connectivity index (χ1n) is 15.2. The molecule has 2 heterocycles. The van der Waals surface area contributed by atoms with Crippen molar-refractivity contribution in [1.29, 1.82) is 0 Å². The van der Waals surface area contributed by atoms with Crippen LogP contribution in [0.3, 0.4) is 0 Å². The van der Waals surface area contributed by atoms with Crippen molar-refractivity contribution in [1.82, 2.24) is 14.5 Å². The second-order valence-corrected chi connectivity index (χ2v) is 12.2. The Kier molecular flexibility index (Phi) is 5.24. The molecule has 8 aromatic rings. The zero-order chi connectivity index (χ0) is 29.4. The molecule has 44 heavy (non-hydrogen) atoms. The third-order valence-electron chi connectivity index (χ3n) is 9.38. The Morgan fingerprint density at radius 2 is 1.25 bits per heavy atom. The van der Waals surface area contributed by atoms with Crippen LogP contribution >= 0.6 is 0 Å². The summed E-state index contributed by atoms with van der Waals surface area (Å²) in [5.74, 6) is 1.57. The molecule has 0 N–H and O–H groups in total. The van der Waals surface area contributed by atoms with Gasteiger partial charge >= 0.3 is 0 Å². The predicted molar refractivity (Wildman–Crippen MR) is 182 cm³/mol. The largest absolute Gasteiger partial charge is 0.293 e. The van der Waals surface area contributed by atoms with Gasteiger partial charge < -0.3 is 0 Å². The van der Waals surface area contributed by atoms with E-state index in [0.717, 1.165) is 28.2 Å². The van der Waals surface area contributed by atoms with Gasteiger partial charge in [0.1, 0.15) is 5.82 Å². The highest BCUT2D eigenvalue weighted by atomic mass is 15.1. The second-order valence-electron chi connectivity index (χ2n) is 12.2. The molecule has 3 nitrogen and oxygen atoms in total. The average molecular weight is 564 g/mol. The van der Waals surface area contributed by atoms with Gasteiger partial charge in [-0.05, 0) is 39.6 Å². The van der Waals surface area contributed by atoms with Crippen LogP contribution in [0.2, 0.25) is 0 Å². The topological polar surface area (TPSA) is 30.7 Å². The summed E-state index contributed by atoms with van der Waals surface area (Å²) in [5.41, 5.74) is 10.4. The molecule has 208 valence electrons. The van der Waals surface area contributed by atoms with E-state index in [9.17, 15) is 0 Å². The van der Waals surface area contributed by atoms with Crippen molar-refractivity contribution >= 4 is 32.6 Å². The molecule has 0 bridgehead atoms. The fraction of sp³-hybridized carbons (Fsp3) is 0.0732. The number of para-hydroxylation sites is 1. The lowest BCUT2D eigenvalue weighted by atomic mass is 9.68. The highest BCUT2D eigenvalue weighted by Crippen LogP contribution is 2.52. The summed E-state index contributed by atoms with van der Waals surface area (Å²) in [7, 11) is 0. The Morgan fingerprint density at radius 3 is 2.07 bits per heavy atom. The Morgan fingerprint density at radius 1 is 0.568 bits per heavy atom. The van der Waals surface area contributed by atoms with Gasteiger partial charge in [-0.3, -0.25) is 4.57 Å². The fourth-order valence-electron chi connectivity index (χ4n) is 7.34. The summed E-state index contributed by atoms with van der Waals surface area (Å²) in [5, 5.41) is 5.05. The predicted octanol–water partition coefficient (Wildman–Crippen LogP) is 10.4. The van der Waals surface area contributed by atoms with Gasteiger partial charge in [0.15, 0.2) is 5.82 Å². The van der Waals surface area contributed by atoms with Crippen molar-refractivity contribution in [3.63, 3.8) is 0 Å². The number of fused-ring (bicyclic) bond motifs is 6. The smallest absolute Gasteiger partial charge is 0.162 e. The van der Waals surface area contributed by atoms with Gasteiger partial charge in [-0.15, -0.1) is 0 Å². The van der Waals surface area contributed by atoms with Crippen LogP contribution in [0.5, 0.6) is 0 Å². The number of benzene rings is 6. The van der Waals surface area contributed by atoms with Gasteiger partial charge in [-0.25, -0.2) is 9.97 Å². The van der Waals surface area contributed by atoms with Crippen molar-refractivity contribution in [2.75, 3.05) is 0 Å². The molecule has 1 aliphatic carbocycles. The molecule has 9 rings (SSSR count). The van der Waals surface area contributed by atoms with Gasteiger partial charge in [0.05, 0.1) is 16.7 Å². The monoisotopic (exact) mass is 563 g/mol. The molecule has 0 spiro atoms. The first-order valence-corrected chi connectivity index (χ1v) is 15.2. The summed E-state index contributed by atoms with van der Waals surface area (Å²) in [6.07, 6.45) is 0. The molecule has 6 aromatic carbocycles. The van der Waals surface area contributed by atoms with E-state index in [1.165, 1.54) is 49.3 Å². The van der Waals surface area contributed by atoms with E-state index >= 15 is 0 Å². The van der Waals surface area contributed by atoms with Crippen LogP contribution in [0.1, 0.15) is 25.0 Å². The minimum absolute atomic E-state index is 0.122. The average Bonchev–Trinajstić information content (AvgIpc) is 3.41. The zero-order valence-electron chi connectivity index (χ0n) is 24.6. The third kappa shape index (κ3) is 3.50. The molecule has 0 saturated heterocycles. The third-order valence-corrected chi connectivity index (χ3v) is 9.38. The Hall–Kier alpha value is -5.54. The molecule has 0 radical (unpaired) electrons.